The van der Waals surface area contributed by atoms with Crippen LogP contribution in [0.25, 0.3) is 11.4 Å². The van der Waals surface area contributed by atoms with Crippen LogP contribution in [0.3, 0.4) is 0 Å². The molecular weight excluding hydrogens is 392 g/mol. The van der Waals surface area contributed by atoms with E-state index in [1.54, 1.807) is 29.1 Å². The van der Waals surface area contributed by atoms with Crippen LogP contribution < -0.4 is 0 Å². The first-order valence-corrected chi connectivity index (χ1v) is 10.8. The van der Waals surface area contributed by atoms with Gasteiger partial charge in [0, 0.05) is 50.2 Å². The van der Waals surface area contributed by atoms with Crippen LogP contribution in [0.1, 0.15) is 25.8 Å². The molecule has 2 aliphatic rings. The molecule has 4 rings (SSSR count). The van der Waals surface area contributed by atoms with Gasteiger partial charge in [0.25, 0.3) is 0 Å². The average molecular weight is 417 g/mol. The molecule has 9 nitrogen and oxygen atoms in total. The largest absolute Gasteiger partial charge is 0.450 e. The first-order valence-electron chi connectivity index (χ1n) is 9.85. The van der Waals surface area contributed by atoms with Crippen molar-refractivity contribution in [3.8, 4) is 11.4 Å². The van der Waals surface area contributed by atoms with Crippen molar-refractivity contribution in [2.45, 2.75) is 31.0 Å². The van der Waals surface area contributed by atoms with Crippen LogP contribution in [-0.2, 0) is 9.53 Å². The molecule has 0 atom stereocenters. The molecule has 0 N–H and O–H groups in total. The highest BCUT2D eigenvalue weighted by Gasteiger charge is 2.31. The summed E-state index contributed by atoms with van der Waals surface area (Å²) < 4.78 is 7.17. The van der Waals surface area contributed by atoms with E-state index in [1.807, 2.05) is 12.1 Å². The molecule has 2 fully saturated rings. The van der Waals surface area contributed by atoms with Gasteiger partial charge in [-0.05, 0) is 31.9 Å². The zero-order valence-corrected chi connectivity index (χ0v) is 17.2. The summed E-state index contributed by atoms with van der Waals surface area (Å²) in [4.78, 5) is 31.9. The van der Waals surface area contributed by atoms with Crippen molar-refractivity contribution >= 4 is 23.8 Å². The third-order valence-electron chi connectivity index (χ3n) is 5.00. The van der Waals surface area contributed by atoms with E-state index in [4.69, 9.17) is 4.74 Å². The van der Waals surface area contributed by atoms with Crippen molar-refractivity contribution in [2.75, 3.05) is 38.5 Å². The number of aromatic nitrogens is 4. The maximum atomic E-state index is 12.7. The van der Waals surface area contributed by atoms with Crippen LogP contribution in [-0.4, -0.2) is 80.1 Å². The number of ether oxygens (including phenoxy) is 1. The van der Waals surface area contributed by atoms with Crippen molar-refractivity contribution in [2.24, 2.45) is 0 Å². The van der Waals surface area contributed by atoms with Gasteiger partial charge in [0.2, 0.25) is 5.91 Å². The molecule has 1 aliphatic heterocycles. The fourth-order valence-corrected chi connectivity index (χ4v) is 4.21. The van der Waals surface area contributed by atoms with Gasteiger partial charge in [-0.1, -0.05) is 11.8 Å². The normalized spacial score (nSPS) is 16.7. The number of piperazine rings is 1. The third-order valence-corrected chi connectivity index (χ3v) is 5.93. The zero-order chi connectivity index (χ0) is 20.2. The molecule has 1 saturated carbocycles. The number of carbonyl (C=O) groups is 2. The minimum absolute atomic E-state index is 0.0503. The molecular formula is C19H24N6O3S. The van der Waals surface area contributed by atoms with E-state index in [0.29, 0.717) is 44.6 Å². The molecule has 29 heavy (non-hydrogen) atoms. The van der Waals surface area contributed by atoms with Crippen LogP contribution in [0.5, 0.6) is 0 Å². The number of pyridine rings is 1. The molecule has 154 valence electrons. The Morgan fingerprint density at radius 2 is 1.79 bits per heavy atom. The lowest BCUT2D eigenvalue weighted by Gasteiger charge is -2.34. The van der Waals surface area contributed by atoms with Gasteiger partial charge in [-0.15, -0.1) is 10.2 Å². The number of amides is 2. The Labute approximate surface area is 173 Å². The Morgan fingerprint density at radius 3 is 2.45 bits per heavy atom. The SMILES string of the molecule is CCOC(=O)N1CCN(C(=O)CSc2nnc(-c3ccncc3)n2C2CC2)CC1. The van der Waals surface area contributed by atoms with E-state index in [1.165, 1.54) is 11.8 Å². The first kappa shape index (κ1) is 19.7. The second-order valence-corrected chi connectivity index (χ2v) is 7.94. The Morgan fingerprint density at radius 1 is 1.10 bits per heavy atom. The second-order valence-electron chi connectivity index (χ2n) is 7.00. The molecule has 1 saturated heterocycles. The molecule has 2 aromatic heterocycles. The Bertz CT molecular complexity index is 862. The molecule has 0 radical (unpaired) electrons. The summed E-state index contributed by atoms with van der Waals surface area (Å²) in [6.07, 6.45) is 5.39. The van der Waals surface area contributed by atoms with E-state index < -0.39 is 0 Å². The summed E-state index contributed by atoms with van der Waals surface area (Å²) in [5, 5.41) is 9.48. The number of thioether (sulfide) groups is 1. The summed E-state index contributed by atoms with van der Waals surface area (Å²) in [7, 11) is 0. The summed E-state index contributed by atoms with van der Waals surface area (Å²) in [5.41, 5.74) is 0.979. The lowest BCUT2D eigenvalue weighted by atomic mass is 10.2. The van der Waals surface area contributed by atoms with Gasteiger partial charge in [-0.3, -0.25) is 14.3 Å². The Hall–Kier alpha value is -2.62. The number of hydrogen-bond donors (Lipinski definition) is 0. The van der Waals surface area contributed by atoms with E-state index in [0.717, 1.165) is 29.4 Å². The summed E-state index contributed by atoms with van der Waals surface area (Å²) in [6.45, 7) is 4.19. The zero-order valence-electron chi connectivity index (χ0n) is 16.4. The van der Waals surface area contributed by atoms with E-state index in [9.17, 15) is 9.59 Å². The molecule has 10 heteroatoms. The highest BCUT2D eigenvalue weighted by molar-refractivity contribution is 7.99. The van der Waals surface area contributed by atoms with Gasteiger partial charge in [0.1, 0.15) is 0 Å². The number of rotatable bonds is 6. The topological polar surface area (TPSA) is 93.4 Å². The second kappa shape index (κ2) is 8.81. The van der Waals surface area contributed by atoms with Crippen LogP contribution in [0.15, 0.2) is 29.7 Å². The van der Waals surface area contributed by atoms with Gasteiger partial charge in [-0.25, -0.2) is 4.79 Å². The van der Waals surface area contributed by atoms with Gasteiger partial charge in [-0.2, -0.15) is 0 Å². The van der Waals surface area contributed by atoms with Crippen molar-refractivity contribution in [3.63, 3.8) is 0 Å². The van der Waals surface area contributed by atoms with Crippen LogP contribution >= 0.6 is 11.8 Å². The highest BCUT2D eigenvalue weighted by Crippen LogP contribution is 2.41. The van der Waals surface area contributed by atoms with E-state index >= 15 is 0 Å². The fraction of sp³-hybridized carbons (Fsp3) is 0.526. The standard InChI is InChI=1S/C19H24N6O3S/c1-2-28-19(27)24-11-9-23(10-12-24)16(26)13-29-18-22-21-17(25(18)15-3-4-15)14-5-7-20-8-6-14/h5-8,15H,2-4,9-13H2,1H3. The summed E-state index contributed by atoms with van der Waals surface area (Å²) >= 11 is 1.43. The van der Waals surface area contributed by atoms with Crippen molar-refractivity contribution in [3.05, 3.63) is 24.5 Å². The first-order chi connectivity index (χ1) is 14.2. The van der Waals surface area contributed by atoms with Gasteiger partial charge in [0.15, 0.2) is 11.0 Å². The quantitative estimate of drug-likeness (QED) is 0.666. The third kappa shape index (κ3) is 4.52. The maximum Gasteiger partial charge on any atom is 0.409 e. The molecule has 2 amide bonds. The Kier molecular flexibility index (Phi) is 5.98. The summed E-state index contributed by atoms with van der Waals surface area (Å²) in [6, 6.07) is 4.25. The maximum absolute atomic E-state index is 12.7. The fourth-order valence-electron chi connectivity index (χ4n) is 3.31. The average Bonchev–Trinajstić information content (AvgIpc) is 3.51. The number of hydrogen-bond acceptors (Lipinski definition) is 7. The van der Waals surface area contributed by atoms with Crippen LogP contribution in [0.4, 0.5) is 4.79 Å². The minimum atomic E-state index is -0.310. The van der Waals surface area contributed by atoms with Crippen LogP contribution in [0, 0.1) is 0 Å². The highest BCUT2D eigenvalue weighted by atomic mass is 32.2. The lowest BCUT2D eigenvalue weighted by molar-refractivity contribution is -0.129. The van der Waals surface area contributed by atoms with Gasteiger partial charge >= 0.3 is 6.09 Å². The molecule has 1 aliphatic carbocycles. The summed E-state index contributed by atoms with van der Waals surface area (Å²) in [5.74, 6) is 1.18. The van der Waals surface area contributed by atoms with Crippen molar-refractivity contribution in [1.29, 1.82) is 0 Å². The molecule has 0 aromatic carbocycles. The molecule has 0 unspecified atom stereocenters. The predicted octanol–water partition coefficient (Wildman–Crippen LogP) is 2.07. The van der Waals surface area contributed by atoms with Crippen molar-refractivity contribution in [1.82, 2.24) is 29.5 Å². The van der Waals surface area contributed by atoms with E-state index in [2.05, 4.69) is 19.7 Å². The molecule has 0 spiro atoms. The lowest BCUT2D eigenvalue weighted by Crippen LogP contribution is -2.51. The monoisotopic (exact) mass is 416 g/mol. The molecule has 2 aromatic rings. The number of nitrogens with zero attached hydrogens (tertiary/aromatic N) is 6. The van der Waals surface area contributed by atoms with Crippen LogP contribution in [0.2, 0.25) is 0 Å². The Balaban J connectivity index is 1.36. The smallest absolute Gasteiger partial charge is 0.409 e. The molecule has 0 bridgehead atoms. The van der Waals surface area contributed by atoms with E-state index in [-0.39, 0.29) is 12.0 Å². The van der Waals surface area contributed by atoms with Gasteiger partial charge < -0.3 is 14.5 Å². The van der Waals surface area contributed by atoms with Crippen molar-refractivity contribution < 1.29 is 14.3 Å². The number of carbonyl (C=O) groups excluding carboxylic acids is 2. The van der Waals surface area contributed by atoms with Gasteiger partial charge in [0.05, 0.1) is 12.4 Å². The predicted molar refractivity (Wildman–Crippen MR) is 107 cm³/mol. The molecule has 3 heterocycles. The minimum Gasteiger partial charge on any atom is -0.450 e.